The van der Waals surface area contributed by atoms with E-state index in [0.29, 0.717) is 61.4 Å². The third kappa shape index (κ3) is 5.76. The number of ether oxygens (including phenoxy) is 1. The molecule has 4 aliphatic rings. The standard InChI is InChI=1S/C27H34BrF3N6O4/c1-5-17-21(35-6-8-36(9-7-35)24(40)41-25(2,3)4)22(39)20-23(32-13-18(28)33-20)37(17)14-19(38)34-26-10-15(11-26)16(12-26)27(29,30)31/h13,15-16H,5-12,14H2,1-4H3,(H,34,38). The lowest BCUT2D eigenvalue weighted by Gasteiger charge is -2.39. The number of piperazine rings is 1. The Morgan fingerprint density at radius 3 is 2.37 bits per heavy atom. The molecule has 14 heteroatoms. The van der Waals surface area contributed by atoms with E-state index >= 15 is 0 Å². The van der Waals surface area contributed by atoms with Crippen LogP contribution in [0, 0.1) is 11.8 Å². The molecule has 1 aliphatic heterocycles. The van der Waals surface area contributed by atoms with E-state index < -0.39 is 41.2 Å². The van der Waals surface area contributed by atoms with Crippen LogP contribution in [0.15, 0.2) is 15.6 Å². The van der Waals surface area contributed by atoms with Gasteiger partial charge in [0.15, 0.2) is 11.2 Å². The summed E-state index contributed by atoms with van der Waals surface area (Å²) in [5.74, 6) is -2.28. The van der Waals surface area contributed by atoms with Gasteiger partial charge in [-0.25, -0.2) is 14.8 Å². The maximum atomic E-state index is 13.8. The summed E-state index contributed by atoms with van der Waals surface area (Å²) in [7, 11) is 0. The first-order valence-corrected chi connectivity index (χ1v) is 14.6. The van der Waals surface area contributed by atoms with Gasteiger partial charge >= 0.3 is 12.3 Å². The van der Waals surface area contributed by atoms with Crippen molar-refractivity contribution in [2.45, 2.75) is 77.2 Å². The summed E-state index contributed by atoms with van der Waals surface area (Å²) in [5, 5.41) is 2.88. The Morgan fingerprint density at radius 2 is 1.80 bits per heavy atom. The van der Waals surface area contributed by atoms with E-state index in [0.717, 1.165) is 0 Å². The number of pyridine rings is 1. The van der Waals surface area contributed by atoms with Gasteiger partial charge in [0.2, 0.25) is 11.3 Å². The molecule has 2 bridgehead atoms. The van der Waals surface area contributed by atoms with E-state index in [-0.39, 0.29) is 29.6 Å². The molecule has 0 aromatic carbocycles. The van der Waals surface area contributed by atoms with Gasteiger partial charge in [-0.2, -0.15) is 13.2 Å². The summed E-state index contributed by atoms with van der Waals surface area (Å²) in [6.07, 6.45) is -2.35. The van der Waals surface area contributed by atoms with Crippen LogP contribution in [0.3, 0.4) is 0 Å². The molecule has 2 amide bonds. The minimum absolute atomic E-state index is 0.0776. The van der Waals surface area contributed by atoms with Crippen LogP contribution in [0.5, 0.6) is 0 Å². The normalized spacial score (nSPS) is 24.4. The van der Waals surface area contributed by atoms with Crippen molar-refractivity contribution in [2.75, 3.05) is 31.1 Å². The van der Waals surface area contributed by atoms with Gasteiger partial charge in [-0.05, 0) is 68.3 Å². The smallest absolute Gasteiger partial charge is 0.410 e. The monoisotopic (exact) mass is 642 g/mol. The fourth-order valence-corrected chi connectivity index (χ4v) is 6.78. The molecule has 10 nitrogen and oxygen atoms in total. The second-order valence-corrected chi connectivity index (χ2v) is 13.0. The number of anilines is 1. The highest BCUT2D eigenvalue weighted by Crippen LogP contribution is 2.60. The van der Waals surface area contributed by atoms with Crippen LogP contribution in [0.4, 0.5) is 23.7 Å². The molecule has 224 valence electrons. The van der Waals surface area contributed by atoms with E-state index in [1.54, 1.807) is 30.2 Å². The molecule has 6 rings (SSSR count). The molecule has 3 saturated carbocycles. The summed E-state index contributed by atoms with van der Waals surface area (Å²) >= 11 is 3.27. The van der Waals surface area contributed by atoms with Crippen LogP contribution in [-0.2, 0) is 22.5 Å². The first kappa shape index (κ1) is 29.6. The third-order valence-electron chi connectivity index (χ3n) is 8.20. The summed E-state index contributed by atoms with van der Waals surface area (Å²) in [6, 6.07) is 0. The summed E-state index contributed by atoms with van der Waals surface area (Å²) < 4.78 is 47.7. The number of hydrogen-bond donors (Lipinski definition) is 1. The first-order chi connectivity index (χ1) is 19.1. The van der Waals surface area contributed by atoms with Crippen LogP contribution >= 0.6 is 15.9 Å². The maximum absolute atomic E-state index is 13.8. The van der Waals surface area contributed by atoms with Crippen molar-refractivity contribution < 1.29 is 27.5 Å². The number of fused-ring (bicyclic) bond motifs is 2. The largest absolute Gasteiger partial charge is 0.444 e. The predicted octanol–water partition coefficient (Wildman–Crippen LogP) is 4.02. The number of carbonyl (C=O) groups excluding carboxylic acids is 2. The Morgan fingerprint density at radius 1 is 1.15 bits per heavy atom. The van der Waals surface area contributed by atoms with Crippen molar-refractivity contribution in [3.8, 4) is 0 Å². The van der Waals surface area contributed by atoms with Gasteiger partial charge in [0.25, 0.3) is 0 Å². The van der Waals surface area contributed by atoms with Crippen LogP contribution in [0.2, 0.25) is 0 Å². The number of aromatic nitrogens is 3. The number of nitrogens with zero attached hydrogens (tertiary/aromatic N) is 5. The third-order valence-corrected chi connectivity index (χ3v) is 8.59. The van der Waals surface area contributed by atoms with Crippen LogP contribution in [-0.4, -0.2) is 74.9 Å². The Kier molecular flexibility index (Phi) is 7.52. The molecule has 3 heterocycles. The molecule has 0 radical (unpaired) electrons. The number of rotatable bonds is 5. The number of nitrogens with one attached hydrogen (secondary N) is 1. The molecule has 1 saturated heterocycles. The highest BCUT2D eigenvalue weighted by molar-refractivity contribution is 9.10. The molecule has 0 spiro atoms. The molecule has 3 aliphatic carbocycles. The first-order valence-electron chi connectivity index (χ1n) is 13.8. The number of amides is 2. The molecule has 1 N–H and O–H groups in total. The van der Waals surface area contributed by atoms with Crippen molar-refractivity contribution in [1.29, 1.82) is 0 Å². The zero-order valence-corrected chi connectivity index (χ0v) is 25.1. The van der Waals surface area contributed by atoms with E-state index in [2.05, 4.69) is 31.2 Å². The zero-order chi connectivity index (χ0) is 29.9. The summed E-state index contributed by atoms with van der Waals surface area (Å²) in [5.41, 5.74) is -0.559. The van der Waals surface area contributed by atoms with Gasteiger partial charge in [-0.1, -0.05) is 6.92 Å². The second-order valence-electron chi connectivity index (χ2n) is 12.2. The molecule has 4 fully saturated rings. The fraction of sp³-hybridized carbons (Fsp3) is 0.667. The molecular weight excluding hydrogens is 609 g/mol. The van der Waals surface area contributed by atoms with Crippen molar-refractivity contribution >= 4 is 44.8 Å². The second kappa shape index (κ2) is 10.4. The minimum Gasteiger partial charge on any atom is -0.444 e. The zero-order valence-electron chi connectivity index (χ0n) is 23.5. The molecule has 2 aromatic rings. The molecule has 1 unspecified atom stereocenters. The summed E-state index contributed by atoms with van der Waals surface area (Å²) in [4.78, 5) is 51.9. The van der Waals surface area contributed by atoms with Crippen molar-refractivity contribution in [3.63, 3.8) is 0 Å². The number of hydrogen-bond acceptors (Lipinski definition) is 7. The van der Waals surface area contributed by atoms with Gasteiger partial charge in [0.1, 0.15) is 22.4 Å². The lowest BCUT2D eigenvalue weighted by molar-refractivity contribution is -0.180. The molecule has 2 aromatic heterocycles. The topological polar surface area (TPSA) is 110 Å². The Hall–Kier alpha value is -2.90. The Balaban J connectivity index is 1.42. The average molecular weight is 644 g/mol. The van der Waals surface area contributed by atoms with Gasteiger partial charge in [0, 0.05) is 37.4 Å². The Bertz CT molecular complexity index is 1430. The van der Waals surface area contributed by atoms with Crippen molar-refractivity contribution in [3.05, 3.63) is 26.7 Å². The van der Waals surface area contributed by atoms with Crippen LogP contribution in [0.1, 0.15) is 52.7 Å². The SMILES string of the molecule is CCc1c(N2CCN(C(=O)OC(C)(C)C)CC2)c(=O)c2nc(Br)cnc2n1CC(=O)NC12CC(C1)C(C(F)(F)F)C2. The van der Waals surface area contributed by atoms with E-state index in [1.807, 2.05) is 11.8 Å². The maximum Gasteiger partial charge on any atom is 0.410 e. The van der Waals surface area contributed by atoms with E-state index in [9.17, 15) is 27.6 Å². The van der Waals surface area contributed by atoms with Crippen LogP contribution < -0.4 is 15.6 Å². The number of halogens is 4. The lowest BCUT2D eigenvalue weighted by Crippen LogP contribution is -2.53. The predicted molar refractivity (Wildman–Crippen MR) is 149 cm³/mol. The highest BCUT2D eigenvalue weighted by atomic mass is 79.9. The van der Waals surface area contributed by atoms with Crippen molar-refractivity contribution in [2.24, 2.45) is 11.8 Å². The van der Waals surface area contributed by atoms with Gasteiger partial charge in [-0.3, -0.25) is 9.59 Å². The lowest BCUT2D eigenvalue weighted by atomic mass is 9.76. The van der Waals surface area contributed by atoms with Gasteiger partial charge < -0.3 is 24.4 Å². The van der Waals surface area contributed by atoms with Crippen LogP contribution in [0.25, 0.3) is 11.2 Å². The van der Waals surface area contributed by atoms with Gasteiger partial charge in [0.05, 0.1) is 12.1 Å². The molecule has 1 atom stereocenters. The van der Waals surface area contributed by atoms with Gasteiger partial charge in [-0.15, -0.1) is 0 Å². The highest BCUT2D eigenvalue weighted by Gasteiger charge is 2.64. The minimum atomic E-state index is -4.27. The van der Waals surface area contributed by atoms with E-state index in [1.165, 1.54) is 6.20 Å². The Labute approximate surface area is 243 Å². The number of carbonyl (C=O) groups is 2. The fourth-order valence-electron chi connectivity index (χ4n) is 6.50. The van der Waals surface area contributed by atoms with Crippen molar-refractivity contribution in [1.82, 2.24) is 24.8 Å². The molecular formula is C27H34BrF3N6O4. The number of alkyl halides is 3. The summed E-state index contributed by atoms with van der Waals surface area (Å²) in [6.45, 7) is 8.44. The average Bonchev–Trinajstić information content (AvgIpc) is 3.41. The quantitative estimate of drug-likeness (QED) is 0.525. The van der Waals surface area contributed by atoms with E-state index in [4.69, 9.17) is 4.74 Å². The molecule has 41 heavy (non-hydrogen) atoms.